The maximum Gasteiger partial charge on any atom is 0.168 e. The summed E-state index contributed by atoms with van der Waals surface area (Å²) in [5.74, 6) is 1.72. The van der Waals surface area contributed by atoms with Crippen molar-refractivity contribution in [3.05, 3.63) is 40.2 Å². The molecule has 0 saturated heterocycles. The molecule has 0 amide bonds. The van der Waals surface area contributed by atoms with Gasteiger partial charge in [0.05, 0.1) is 25.1 Å². The Morgan fingerprint density at radius 1 is 1.50 bits per heavy atom. The van der Waals surface area contributed by atoms with Crippen LogP contribution in [0.5, 0.6) is 5.75 Å². The first-order valence-corrected chi connectivity index (χ1v) is 7.73. The Bertz CT molecular complexity index is 642. The fraction of sp³-hybridized carbons (Fsp3) is 0.357. The SMILES string of the molecule is Cn1c(CO)cnc1SCc1cc(Cl)cc2c1OCC2. The number of aromatic nitrogens is 2. The lowest BCUT2D eigenvalue weighted by atomic mass is 10.1. The lowest BCUT2D eigenvalue weighted by Gasteiger charge is -2.09. The van der Waals surface area contributed by atoms with Crippen LogP contribution in [-0.4, -0.2) is 21.3 Å². The Labute approximate surface area is 126 Å². The van der Waals surface area contributed by atoms with Gasteiger partial charge in [0.15, 0.2) is 5.16 Å². The molecule has 1 N–H and O–H groups in total. The molecular formula is C14H15ClN2O2S. The van der Waals surface area contributed by atoms with Gasteiger partial charge in [-0.2, -0.15) is 0 Å². The smallest absolute Gasteiger partial charge is 0.168 e. The molecule has 4 nitrogen and oxygen atoms in total. The van der Waals surface area contributed by atoms with Crippen molar-refractivity contribution >= 4 is 23.4 Å². The quantitative estimate of drug-likeness (QED) is 0.882. The highest BCUT2D eigenvalue weighted by Gasteiger charge is 2.18. The molecule has 3 rings (SSSR count). The van der Waals surface area contributed by atoms with Crippen molar-refractivity contribution in [2.45, 2.75) is 23.9 Å². The number of thioether (sulfide) groups is 1. The molecule has 1 aromatic carbocycles. The molecule has 106 valence electrons. The van der Waals surface area contributed by atoms with Crippen LogP contribution in [0.4, 0.5) is 0 Å². The van der Waals surface area contributed by atoms with E-state index >= 15 is 0 Å². The van der Waals surface area contributed by atoms with Crippen molar-refractivity contribution in [2.75, 3.05) is 6.61 Å². The van der Waals surface area contributed by atoms with Gasteiger partial charge in [0.25, 0.3) is 0 Å². The Balaban J connectivity index is 1.80. The largest absolute Gasteiger partial charge is 0.493 e. The van der Waals surface area contributed by atoms with Gasteiger partial charge in [0.1, 0.15) is 5.75 Å². The summed E-state index contributed by atoms with van der Waals surface area (Å²) in [4.78, 5) is 4.31. The van der Waals surface area contributed by atoms with Crippen molar-refractivity contribution in [3.8, 4) is 5.75 Å². The van der Waals surface area contributed by atoms with Gasteiger partial charge in [-0.25, -0.2) is 4.98 Å². The van der Waals surface area contributed by atoms with E-state index in [0.29, 0.717) is 0 Å². The highest BCUT2D eigenvalue weighted by molar-refractivity contribution is 7.98. The van der Waals surface area contributed by atoms with Crippen LogP contribution in [0.15, 0.2) is 23.5 Å². The zero-order chi connectivity index (χ0) is 14.1. The van der Waals surface area contributed by atoms with Crippen molar-refractivity contribution in [2.24, 2.45) is 7.05 Å². The van der Waals surface area contributed by atoms with Crippen LogP contribution >= 0.6 is 23.4 Å². The number of ether oxygens (including phenoxy) is 1. The van der Waals surface area contributed by atoms with E-state index in [2.05, 4.69) is 4.98 Å². The Morgan fingerprint density at radius 3 is 3.10 bits per heavy atom. The van der Waals surface area contributed by atoms with Gasteiger partial charge in [-0.1, -0.05) is 23.4 Å². The predicted molar refractivity (Wildman–Crippen MR) is 79.3 cm³/mol. The minimum Gasteiger partial charge on any atom is -0.493 e. The van der Waals surface area contributed by atoms with E-state index in [-0.39, 0.29) is 6.61 Å². The molecule has 0 radical (unpaired) electrons. The molecule has 1 aromatic heterocycles. The van der Waals surface area contributed by atoms with E-state index < -0.39 is 0 Å². The molecule has 0 unspecified atom stereocenters. The lowest BCUT2D eigenvalue weighted by molar-refractivity contribution is 0.271. The topological polar surface area (TPSA) is 47.3 Å². The molecule has 2 aromatic rings. The maximum atomic E-state index is 9.17. The second-order valence-electron chi connectivity index (χ2n) is 4.69. The summed E-state index contributed by atoms with van der Waals surface area (Å²) in [7, 11) is 1.90. The van der Waals surface area contributed by atoms with Gasteiger partial charge < -0.3 is 14.4 Å². The van der Waals surface area contributed by atoms with E-state index in [1.54, 1.807) is 18.0 Å². The minimum atomic E-state index is -0.000264. The van der Waals surface area contributed by atoms with Crippen molar-refractivity contribution in [1.82, 2.24) is 9.55 Å². The number of benzene rings is 1. The van der Waals surface area contributed by atoms with Gasteiger partial charge in [0, 0.05) is 29.8 Å². The number of aliphatic hydroxyl groups is 1. The van der Waals surface area contributed by atoms with E-state index in [1.807, 2.05) is 23.7 Å². The summed E-state index contributed by atoms with van der Waals surface area (Å²) >= 11 is 7.76. The van der Waals surface area contributed by atoms with Crippen LogP contribution in [0.1, 0.15) is 16.8 Å². The van der Waals surface area contributed by atoms with E-state index in [1.165, 1.54) is 5.56 Å². The van der Waals surface area contributed by atoms with Gasteiger partial charge in [0.2, 0.25) is 0 Å². The van der Waals surface area contributed by atoms with Crippen molar-refractivity contribution in [3.63, 3.8) is 0 Å². The Kier molecular flexibility index (Phi) is 3.92. The molecule has 2 heterocycles. The van der Waals surface area contributed by atoms with E-state index in [4.69, 9.17) is 16.3 Å². The monoisotopic (exact) mass is 310 g/mol. The average Bonchev–Trinajstić information content (AvgIpc) is 3.02. The molecule has 0 fully saturated rings. The molecule has 6 heteroatoms. The molecule has 1 aliphatic rings. The number of fused-ring (bicyclic) bond motifs is 1. The molecule has 1 aliphatic heterocycles. The number of imidazole rings is 1. The van der Waals surface area contributed by atoms with Gasteiger partial charge in [-0.05, 0) is 17.7 Å². The summed E-state index contributed by atoms with van der Waals surface area (Å²) in [6.45, 7) is 0.726. The number of halogens is 1. The number of aliphatic hydroxyl groups excluding tert-OH is 1. The third-order valence-corrected chi connectivity index (χ3v) is 4.70. The van der Waals surface area contributed by atoms with Crippen LogP contribution in [0.2, 0.25) is 5.02 Å². The fourth-order valence-electron chi connectivity index (χ4n) is 2.30. The normalized spacial score (nSPS) is 13.3. The zero-order valence-electron chi connectivity index (χ0n) is 11.1. The predicted octanol–water partition coefficient (Wildman–Crippen LogP) is 2.79. The van der Waals surface area contributed by atoms with Crippen LogP contribution in [-0.2, 0) is 25.8 Å². The summed E-state index contributed by atoms with van der Waals surface area (Å²) < 4.78 is 7.59. The summed E-state index contributed by atoms with van der Waals surface area (Å²) in [6, 6.07) is 3.93. The van der Waals surface area contributed by atoms with Gasteiger partial charge in [-0.15, -0.1) is 0 Å². The van der Waals surface area contributed by atoms with E-state index in [0.717, 1.165) is 46.0 Å². The fourth-order valence-corrected chi connectivity index (χ4v) is 3.50. The molecule has 0 spiro atoms. The van der Waals surface area contributed by atoms with Gasteiger partial charge in [-0.3, -0.25) is 0 Å². The second-order valence-corrected chi connectivity index (χ2v) is 6.07. The molecule has 20 heavy (non-hydrogen) atoms. The average molecular weight is 311 g/mol. The van der Waals surface area contributed by atoms with Crippen LogP contribution in [0, 0.1) is 0 Å². The molecule has 0 bridgehead atoms. The first kappa shape index (κ1) is 13.8. The second kappa shape index (κ2) is 5.68. The van der Waals surface area contributed by atoms with E-state index in [9.17, 15) is 5.11 Å². The highest BCUT2D eigenvalue weighted by atomic mass is 35.5. The number of rotatable bonds is 4. The third-order valence-electron chi connectivity index (χ3n) is 3.39. The van der Waals surface area contributed by atoms with Crippen LogP contribution in [0.25, 0.3) is 0 Å². The number of hydrogen-bond donors (Lipinski definition) is 1. The van der Waals surface area contributed by atoms with Crippen molar-refractivity contribution < 1.29 is 9.84 Å². The first-order chi connectivity index (χ1) is 9.69. The Morgan fingerprint density at radius 2 is 2.35 bits per heavy atom. The summed E-state index contributed by atoms with van der Waals surface area (Å²) in [6.07, 6.45) is 2.62. The third kappa shape index (κ3) is 2.53. The number of nitrogens with zero attached hydrogens (tertiary/aromatic N) is 2. The standard InChI is InChI=1S/C14H15ClN2O2S/c1-17-12(7-18)6-16-14(17)20-8-10-5-11(15)4-9-2-3-19-13(9)10/h4-6,18H,2-3,7-8H2,1H3. The lowest BCUT2D eigenvalue weighted by Crippen LogP contribution is -1.98. The maximum absolute atomic E-state index is 9.17. The molecule has 0 atom stereocenters. The van der Waals surface area contributed by atoms with Gasteiger partial charge >= 0.3 is 0 Å². The summed E-state index contributed by atoms with van der Waals surface area (Å²) in [5, 5.41) is 10.8. The van der Waals surface area contributed by atoms with Crippen molar-refractivity contribution in [1.29, 1.82) is 0 Å². The van der Waals surface area contributed by atoms with Crippen LogP contribution < -0.4 is 4.74 Å². The molecular weight excluding hydrogens is 296 g/mol. The molecule has 0 saturated carbocycles. The Hall–Kier alpha value is -1.17. The first-order valence-electron chi connectivity index (χ1n) is 6.37. The minimum absolute atomic E-state index is 0.000264. The highest BCUT2D eigenvalue weighted by Crippen LogP contribution is 2.36. The number of hydrogen-bond acceptors (Lipinski definition) is 4. The zero-order valence-corrected chi connectivity index (χ0v) is 12.7. The molecule has 0 aliphatic carbocycles. The summed E-state index contributed by atoms with van der Waals surface area (Å²) in [5.41, 5.74) is 3.09. The van der Waals surface area contributed by atoms with Crippen LogP contribution in [0.3, 0.4) is 0 Å².